The predicted octanol–water partition coefficient (Wildman–Crippen LogP) is 7.80. The fraction of sp³-hybridized carbons (Fsp3) is 0.135. The largest absolute Gasteiger partial charge is 0.486 e. The second kappa shape index (κ2) is 12.5. The van der Waals surface area contributed by atoms with Crippen LogP contribution < -0.4 is 4.74 Å². The lowest BCUT2D eigenvalue weighted by molar-refractivity contribution is -0.129. The molecule has 7 rings (SSSR count). The van der Waals surface area contributed by atoms with E-state index in [1.165, 1.54) is 4.90 Å². The van der Waals surface area contributed by atoms with Gasteiger partial charge < -0.3 is 9.30 Å². The number of benzene rings is 4. The molecule has 228 valence electrons. The molecular weight excluding hydrogens is 616 g/mol. The van der Waals surface area contributed by atoms with E-state index in [0.29, 0.717) is 23.0 Å². The van der Waals surface area contributed by atoms with Crippen LogP contribution in [0.3, 0.4) is 0 Å². The molecule has 1 saturated heterocycles. The van der Waals surface area contributed by atoms with Gasteiger partial charge in [0.2, 0.25) is 5.91 Å². The number of nitrogens with zero attached hydrogens (tertiary/aromatic N) is 4. The van der Waals surface area contributed by atoms with Gasteiger partial charge in [-0.05, 0) is 52.9 Å². The van der Waals surface area contributed by atoms with E-state index in [4.69, 9.17) is 16.3 Å². The molecule has 0 N–H and O–H groups in total. The van der Waals surface area contributed by atoms with Crippen LogP contribution in [0.15, 0.2) is 127 Å². The summed E-state index contributed by atoms with van der Waals surface area (Å²) in [6.45, 7) is 0.255. The summed E-state index contributed by atoms with van der Waals surface area (Å²) >= 11 is 7.14. The number of hydrogen-bond acceptors (Lipinski definition) is 6. The van der Waals surface area contributed by atoms with Crippen LogP contribution in [0.25, 0.3) is 11.2 Å². The van der Waals surface area contributed by atoms with Gasteiger partial charge in [0, 0.05) is 7.05 Å². The van der Waals surface area contributed by atoms with Gasteiger partial charge in [0.05, 0.1) is 5.25 Å². The number of rotatable bonds is 9. The van der Waals surface area contributed by atoms with Crippen molar-refractivity contribution in [3.05, 3.63) is 161 Å². The Labute approximate surface area is 275 Å². The van der Waals surface area contributed by atoms with E-state index >= 15 is 0 Å². The van der Waals surface area contributed by atoms with Crippen molar-refractivity contribution in [2.75, 3.05) is 0 Å². The maximum atomic E-state index is 14.4. The number of aryl methyl sites for hydroxylation is 1. The number of imide groups is 1. The smallest absolute Gasteiger partial charge is 0.290 e. The second-order valence-electron chi connectivity index (χ2n) is 11.1. The number of thioether (sulfide) groups is 1. The molecule has 0 radical (unpaired) electrons. The molecule has 0 bridgehead atoms. The molecule has 46 heavy (non-hydrogen) atoms. The summed E-state index contributed by atoms with van der Waals surface area (Å²) < 4.78 is 7.89. The van der Waals surface area contributed by atoms with Gasteiger partial charge >= 0.3 is 0 Å². The zero-order chi connectivity index (χ0) is 31.7. The molecule has 7 nitrogen and oxygen atoms in total. The molecule has 0 saturated carbocycles. The molecule has 6 aromatic rings. The van der Waals surface area contributed by atoms with Crippen molar-refractivity contribution in [1.82, 2.24) is 19.4 Å². The predicted molar refractivity (Wildman–Crippen MR) is 181 cm³/mol. The summed E-state index contributed by atoms with van der Waals surface area (Å²) in [5, 5.41) is -0.438. The van der Waals surface area contributed by atoms with E-state index in [1.807, 2.05) is 133 Å². The third kappa shape index (κ3) is 5.33. The lowest BCUT2D eigenvalue weighted by Crippen LogP contribution is -2.51. The van der Waals surface area contributed by atoms with E-state index < -0.39 is 10.8 Å². The Balaban J connectivity index is 1.15. The molecule has 1 fully saturated rings. The minimum Gasteiger partial charge on any atom is -0.486 e. The molecule has 3 heterocycles. The zero-order valence-corrected chi connectivity index (χ0v) is 26.5. The van der Waals surface area contributed by atoms with Crippen molar-refractivity contribution in [3.8, 4) is 5.75 Å². The highest BCUT2D eigenvalue weighted by Gasteiger charge is 2.53. The maximum absolute atomic E-state index is 14.4. The Morgan fingerprint density at radius 1 is 0.761 bits per heavy atom. The van der Waals surface area contributed by atoms with Crippen molar-refractivity contribution in [3.63, 3.8) is 0 Å². The van der Waals surface area contributed by atoms with Gasteiger partial charge in [-0.3, -0.25) is 14.5 Å². The topological polar surface area (TPSA) is 77.3 Å². The van der Waals surface area contributed by atoms with Crippen molar-refractivity contribution in [2.45, 2.75) is 23.8 Å². The SMILES string of the molecule is Cn1c(COc2ccc(CC3SC(=O)N(C(c4ccccc4)(c4ccccc4)c4ccccc4)C3=O)cc2)nc2ccc(Cl)nc21. The first-order chi connectivity index (χ1) is 22.4. The summed E-state index contributed by atoms with van der Waals surface area (Å²) in [5.74, 6) is 1.17. The molecule has 1 aliphatic rings. The van der Waals surface area contributed by atoms with Crippen LogP contribution >= 0.6 is 23.4 Å². The van der Waals surface area contributed by atoms with Gasteiger partial charge in [-0.1, -0.05) is 126 Å². The van der Waals surface area contributed by atoms with Crippen LogP contribution in [0.5, 0.6) is 5.75 Å². The van der Waals surface area contributed by atoms with Crippen molar-refractivity contribution in [2.24, 2.45) is 7.05 Å². The molecule has 1 aliphatic heterocycles. The van der Waals surface area contributed by atoms with Crippen LogP contribution in [0.1, 0.15) is 28.1 Å². The Morgan fingerprint density at radius 3 is 1.89 bits per heavy atom. The van der Waals surface area contributed by atoms with Crippen LogP contribution in [-0.4, -0.2) is 35.8 Å². The van der Waals surface area contributed by atoms with Gasteiger partial charge in [0.1, 0.15) is 34.4 Å². The summed E-state index contributed by atoms with van der Waals surface area (Å²) in [6.07, 6.45) is 0.400. The molecule has 9 heteroatoms. The van der Waals surface area contributed by atoms with E-state index in [1.54, 1.807) is 6.07 Å². The highest BCUT2D eigenvalue weighted by Crippen LogP contribution is 2.47. The second-order valence-corrected chi connectivity index (χ2v) is 12.6. The number of carbonyl (C=O) groups excluding carboxylic acids is 2. The number of carbonyl (C=O) groups is 2. The summed E-state index contributed by atoms with van der Waals surface area (Å²) in [4.78, 5) is 38.8. The molecule has 2 amide bonds. The molecular formula is C37H29ClN4O3S. The zero-order valence-electron chi connectivity index (χ0n) is 24.9. The van der Waals surface area contributed by atoms with Crippen LogP contribution in [0.2, 0.25) is 5.15 Å². The number of hydrogen-bond donors (Lipinski definition) is 0. The van der Waals surface area contributed by atoms with E-state index in [2.05, 4.69) is 9.97 Å². The fourth-order valence-corrected chi connectivity index (χ4v) is 7.32. The first-order valence-corrected chi connectivity index (χ1v) is 16.1. The normalized spacial score (nSPS) is 15.1. The van der Waals surface area contributed by atoms with E-state index in [0.717, 1.165) is 45.4 Å². The number of halogens is 1. The highest BCUT2D eigenvalue weighted by molar-refractivity contribution is 8.15. The lowest BCUT2D eigenvalue weighted by atomic mass is 9.75. The molecule has 0 spiro atoms. The molecule has 4 aromatic carbocycles. The first kappa shape index (κ1) is 29.8. The Kier molecular flexibility index (Phi) is 8.07. The number of fused-ring (bicyclic) bond motifs is 1. The summed E-state index contributed by atoms with van der Waals surface area (Å²) in [6, 6.07) is 40.5. The van der Waals surface area contributed by atoms with Gasteiger partial charge in [0.15, 0.2) is 5.65 Å². The summed E-state index contributed by atoms with van der Waals surface area (Å²) in [7, 11) is 1.88. The third-order valence-corrected chi connectivity index (χ3v) is 9.57. The standard InChI is InChI=1S/C37H29ClN4O3S/c1-41-33(39-30-21-22-32(38)40-34(30)41)24-45-29-19-17-25(18-20-29)23-31-35(43)42(36(44)46-31)37(26-11-5-2-6-12-26,27-13-7-3-8-14-27)28-15-9-4-10-16-28/h2-22,31H,23-24H2,1H3. The number of imidazole rings is 1. The van der Waals surface area contributed by atoms with Gasteiger partial charge in [-0.15, -0.1) is 0 Å². The van der Waals surface area contributed by atoms with E-state index in [9.17, 15) is 9.59 Å². The molecule has 2 aromatic heterocycles. The molecule has 1 atom stereocenters. The number of ether oxygens (including phenoxy) is 1. The number of aromatic nitrogens is 3. The molecule has 1 unspecified atom stereocenters. The average Bonchev–Trinajstić information content (AvgIpc) is 3.56. The number of amides is 2. The third-order valence-electron chi connectivity index (χ3n) is 8.32. The van der Waals surface area contributed by atoms with Gasteiger partial charge in [0.25, 0.3) is 5.24 Å². The summed E-state index contributed by atoms with van der Waals surface area (Å²) in [5.41, 5.74) is 3.77. The van der Waals surface area contributed by atoms with Crippen molar-refractivity contribution >= 4 is 45.7 Å². The van der Waals surface area contributed by atoms with Crippen LogP contribution in [0.4, 0.5) is 4.79 Å². The Morgan fingerprint density at radius 2 is 1.33 bits per heavy atom. The highest BCUT2D eigenvalue weighted by atomic mass is 35.5. The fourth-order valence-electron chi connectivity index (χ4n) is 6.12. The average molecular weight is 645 g/mol. The van der Waals surface area contributed by atoms with E-state index in [-0.39, 0.29) is 17.8 Å². The van der Waals surface area contributed by atoms with Crippen molar-refractivity contribution in [1.29, 1.82) is 0 Å². The monoisotopic (exact) mass is 644 g/mol. The lowest BCUT2D eigenvalue weighted by Gasteiger charge is -2.42. The van der Waals surface area contributed by atoms with Crippen LogP contribution in [-0.2, 0) is 30.4 Å². The Hall–Kier alpha value is -4.92. The van der Waals surface area contributed by atoms with Crippen molar-refractivity contribution < 1.29 is 14.3 Å². The first-order valence-electron chi connectivity index (χ1n) is 14.9. The minimum absolute atomic E-state index is 0.220. The van der Waals surface area contributed by atoms with Crippen LogP contribution in [0, 0.1) is 0 Å². The number of pyridine rings is 1. The maximum Gasteiger partial charge on any atom is 0.290 e. The Bertz CT molecular complexity index is 1920. The molecule has 0 aliphatic carbocycles. The van der Waals surface area contributed by atoms with Gasteiger partial charge in [-0.2, -0.15) is 0 Å². The van der Waals surface area contributed by atoms with Gasteiger partial charge in [-0.25, -0.2) is 9.97 Å². The minimum atomic E-state index is -1.13. The quantitative estimate of drug-likeness (QED) is 0.118.